The number of nitrogens with zero attached hydrogens (tertiary/aromatic N) is 2. The van der Waals surface area contributed by atoms with E-state index in [2.05, 4.69) is 21.0 Å². The first kappa shape index (κ1) is 10.8. The second-order valence-electron chi connectivity index (χ2n) is 5.39. The number of hydrogen-bond donors (Lipinski definition) is 1. The van der Waals surface area contributed by atoms with Gasteiger partial charge in [0, 0.05) is 6.20 Å². The number of aliphatic hydroxyl groups excluding tert-OH is 1. The van der Waals surface area contributed by atoms with E-state index in [1.165, 1.54) is 25.7 Å². The van der Waals surface area contributed by atoms with Crippen LogP contribution >= 0.6 is 15.9 Å². The van der Waals surface area contributed by atoms with Gasteiger partial charge in [-0.2, -0.15) is 5.10 Å². The van der Waals surface area contributed by atoms with E-state index in [9.17, 15) is 5.11 Å². The molecule has 2 saturated carbocycles. The lowest BCUT2D eigenvalue weighted by molar-refractivity contribution is 0.124. The lowest BCUT2D eigenvalue weighted by Gasteiger charge is -2.21. The van der Waals surface area contributed by atoms with E-state index in [-0.39, 0.29) is 12.1 Å². The van der Waals surface area contributed by atoms with Crippen LogP contribution in [0.1, 0.15) is 44.6 Å². The molecule has 3 rings (SSSR count). The van der Waals surface area contributed by atoms with Crippen LogP contribution in [0, 0.1) is 5.41 Å². The molecule has 88 valence electrons. The molecule has 1 aromatic heterocycles. The molecule has 0 saturated heterocycles. The lowest BCUT2D eigenvalue weighted by atomic mass is 9.84. The molecule has 1 aromatic rings. The third-order valence-corrected chi connectivity index (χ3v) is 4.71. The van der Waals surface area contributed by atoms with E-state index < -0.39 is 0 Å². The first-order valence-corrected chi connectivity index (χ1v) is 6.86. The molecule has 2 aliphatic rings. The molecule has 1 N–H and O–H groups in total. The summed E-state index contributed by atoms with van der Waals surface area (Å²) in [6, 6.07) is 0.185. The second-order valence-corrected chi connectivity index (χ2v) is 6.30. The predicted molar refractivity (Wildman–Crippen MR) is 65.1 cm³/mol. The smallest absolute Gasteiger partial charge is 0.0784 e. The van der Waals surface area contributed by atoms with E-state index in [1.54, 1.807) is 6.20 Å². The van der Waals surface area contributed by atoms with Gasteiger partial charge in [0.1, 0.15) is 0 Å². The molecule has 2 fully saturated rings. The minimum Gasteiger partial charge on any atom is -0.391 e. The van der Waals surface area contributed by atoms with Crippen LogP contribution in [0.4, 0.5) is 0 Å². The molecule has 16 heavy (non-hydrogen) atoms. The van der Waals surface area contributed by atoms with Crippen molar-refractivity contribution >= 4 is 15.9 Å². The number of aliphatic hydroxyl groups is 1. The van der Waals surface area contributed by atoms with Crippen LogP contribution in [-0.2, 0) is 0 Å². The van der Waals surface area contributed by atoms with Gasteiger partial charge in [-0.3, -0.25) is 4.68 Å². The van der Waals surface area contributed by atoms with Gasteiger partial charge in [-0.1, -0.05) is 12.8 Å². The Morgan fingerprint density at radius 2 is 2.12 bits per heavy atom. The molecule has 0 amide bonds. The second kappa shape index (κ2) is 3.84. The van der Waals surface area contributed by atoms with Gasteiger partial charge in [0.15, 0.2) is 0 Å². The van der Waals surface area contributed by atoms with E-state index in [0.717, 1.165) is 17.3 Å². The molecule has 0 aromatic carbocycles. The Balaban J connectivity index is 1.82. The molecule has 0 aliphatic heterocycles. The molecule has 2 aliphatic carbocycles. The normalized spacial score (nSPS) is 32.6. The van der Waals surface area contributed by atoms with Crippen LogP contribution in [0.25, 0.3) is 0 Å². The standard InChI is InChI=1S/C12H17BrN2O/c13-9-7-14-15(8-9)10-5-12(6-11(10)16)3-1-2-4-12/h7-8,10-11,16H,1-6H2/t10?,11-/m1/s1. The Morgan fingerprint density at radius 3 is 2.75 bits per heavy atom. The van der Waals surface area contributed by atoms with Gasteiger partial charge >= 0.3 is 0 Å². The number of hydrogen-bond acceptors (Lipinski definition) is 2. The topological polar surface area (TPSA) is 38.0 Å². The molecular formula is C12H17BrN2O. The lowest BCUT2D eigenvalue weighted by Crippen LogP contribution is -2.18. The highest BCUT2D eigenvalue weighted by Crippen LogP contribution is 2.53. The summed E-state index contributed by atoms with van der Waals surface area (Å²) in [7, 11) is 0. The highest BCUT2D eigenvalue weighted by atomic mass is 79.9. The van der Waals surface area contributed by atoms with E-state index in [4.69, 9.17) is 0 Å². The van der Waals surface area contributed by atoms with Crippen molar-refractivity contribution in [3.05, 3.63) is 16.9 Å². The zero-order valence-electron chi connectivity index (χ0n) is 9.27. The van der Waals surface area contributed by atoms with E-state index in [0.29, 0.717) is 5.41 Å². The molecule has 0 bridgehead atoms. The Labute approximate surface area is 104 Å². The summed E-state index contributed by atoms with van der Waals surface area (Å²) in [5.74, 6) is 0. The summed E-state index contributed by atoms with van der Waals surface area (Å²) >= 11 is 3.41. The SMILES string of the molecule is O[C@@H]1CC2(CCCC2)CC1n1cc(Br)cn1. The van der Waals surface area contributed by atoms with Gasteiger partial charge in [-0.05, 0) is 47.0 Å². The average Bonchev–Trinajstić information content (AvgIpc) is 2.90. The zero-order chi connectivity index (χ0) is 11.2. The Kier molecular flexibility index (Phi) is 2.59. The van der Waals surface area contributed by atoms with Gasteiger partial charge < -0.3 is 5.11 Å². The van der Waals surface area contributed by atoms with Crippen LogP contribution in [0.15, 0.2) is 16.9 Å². The Bertz CT molecular complexity index is 384. The number of halogens is 1. The van der Waals surface area contributed by atoms with E-state index in [1.807, 2.05) is 10.9 Å². The average molecular weight is 285 g/mol. The molecule has 0 radical (unpaired) electrons. The molecule has 2 atom stereocenters. The first-order valence-electron chi connectivity index (χ1n) is 6.06. The third-order valence-electron chi connectivity index (χ3n) is 4.30. The van der Waals surface area contributed by atoms with Crippen molar-refractivity contribution in [2.45, 2.75) is 50.7 Å². The fraction of sp³-hybridized carbons (Fsp3) is 0.750. The number of aromatic nitrogens is 2. The molecular weight excluding hydrogens is 268 g/mol. The van der Waals surface area contributed by atoms with Gasteiger partial charge in [-0.25, -0.2) is 0 Å². The largest absolute Gasteiger partial charge is 0.391 e. The minimum absolute atomic E-state index is 0.185. The molecule has 1 heterocycles. The van der Waals surface area contributed by atoms with Crippen LogP contribution < -0.4 is 0 Å². The summed E-state index contributed by atoms with van der Waals surface area (Å²) in [6.07, 6.45) is 10.9. The molecule has 3 nitrogen and oxygen atoms in total. The van der Waals surface area contributed by atoms with Gasteiger partial charge in [0.25, 0.3) is 0 Å². The molecule has 1 spiro atoms. The van der Waals surface area contributed by atoms with Crippen molar-refractivity contribution in [3.63, 3.8) is 0 Å². The first-order chi connectivity index (χ1) is 7.69. The van der Waals surface area contributed by atoms with Crippen molar-refractivity contribution in [2.24, 2.45) is 5.41 Å². The minimum atomic E-state index is -0.218. The van der Waals surface area contributed by atoms with Crippen molar-refractivity contribution < 1.29 is 5.11 Å². The Hall–Kier alpha value is -0.350. The fourth-order valence-electron chi connectivity index (χ4n) is 3.54. The predicted octanol–water partition coefficient (Wildman–Crippen LogP) is 2.90. The van der Waals surface area contributed by atoms with Crippen molar-refractivity contribution in [1.82, 2.24) is 9.78 Å². The maximum Gasteiger partial charge on any atom is 0.0784 e. The molecule has 1 unspecified atom stereocenters. The highest BCUT2D eigenvalue weighted by molar-refractivity contribution is 9.10. The van der Waals surface area contributed by atoms with Crippen LogP contribution in [0.2, 0.25) is 0 Å². The van der Waals surface area contributed by atoms with Crippen molar-refractivity contribution in [2.75, 3.05) is 0 Å². The maximum atomic E-state index is 10.2. The number of rotatable bonds is 1. The quantitative estimate of drug-likeness (QED) is 0.861. The summed E-state index contributed by atoms with van der Waals surface area (Å²) in [6.45, 7) is 0. The van der Waals surface area contributed by atoms with Gasteiger partial charge in [0.05, 0.1) is 22.8 Å². The maximum absolute atomic E-state index is 10.2. The monoisotopic (exact) mass is 284 g/mol. The van der Waals surface area contributed by atoms with Crippen molar-refractivity contribution in [1.29, 1.82) is 0 Å². The Morgan fingerprint density at radius 1 is 1.38 bits per heavy atom. The van der Waals surface area contributed by atoms with Gasteiger partial charge in [-0.15, -0.1) is 0 Å². The third kappa shape index (κ3) is 1.72. The molecule has 4 heteroatoms. The van der Waals surface area contributed by atoms with Crippen LogP contribution in [-0.4, -0.2) is 21.0 Å². The van der Waals surface area contributed by atoms with Gasteiger partial charge in [0.2, 0.25) is 0 Å². The summed E-state index contributed by atoms with van der Waals surface area (Å²) in [5.41, 5.74) is 0.419. The fourth-order valence-corrected chi connectivity index (χ4v) is 3.84. The summed E-state index contributed by atoms with van der Waals surface area (Å²) in [5, 5.41) is 14.5. The van der Waals surface area contributed by atoms with Crippen LogP contribution in [0.5, 0.6) is 0 Å². The summed E-state index contributed by atoms with van der Waals surface area (Å²) in [4.78, 5) is 0. The van der Waals surface area contributed by atoms with Crippen molar-refractivity contribution in [3.8, 4) is 0 Å². The summed E-state index contributed by atoms with van der Waals surface area (Å²) < 4.78 is 2.93. The van der Waals surface area contributed by atoms with Crippen LogP contribution in [0.3, 0.4) is 0 Å². The van der Waals surface area contributed by atoms with E-state index >= 15 is 0 Å². The zero-order valence-corrected chi connectivity index (χ0v) is 10.9. The highest BCUT2D eigenvalue weighted by Gasteiger charge is 2.46.